The smallest absolute Gasteiger partial charge is 0.240 e. The molecule has 166 valence electrons. The highest BCUT2D eigenvalue weighted by Crippen LogP contribution is 2.38. The van der Waals surface area contributed by atoms with E-state index in [0.717, 1.165) is 61.0 Å². The van der Waals surface area contributed by atoms with Crippen molar-refractivity contribution in [1.29, 1.82) is 0 Å². The molecule has 32 heavy (non-hydrogen) atoms. The topological polar surface area (TPSA) is 51.0 Å². The first kappa shape index (κ1) is 21.3. The van der Waals surface area contributed by atoms with Crippen LogP contribution in [0.4, 0.5) is 0 Å². The lowest BCUT2D eigenvalue weighted by atomic mass is 9.96. The highest BCUT2D eigenvalue weighted by atomic mass is 32.2. The highest BCUT2D eigenvalue weighted by Gasteiger charge is 2.33. The van der Waals surface area contributed by atoms with Crippen LogP contribution in [-0.2, 0) is 17.8 Å². The number of amides is 1. The van der Waals surface area contributed by atoms with E-state index in [-0.39, 0.29) is 17.1 Å². The Morgan fingerprint density at radius 2 is 1.69 bits per heavy atom. The maximum atomic E-state index is 13.8. The Hall–Kier alpha value is -2.60. The molecule has 2 aliphatic heterocycles. The largest absolute Gasteiger partial charge is 0.341 e. The number of hydrogen-bond donors (Lipinski definition) is 0. The summed E-state index contributed by atoms with van der Waals surface area (Å²) >= 11 is 1.64. The van der Waals surface area contributed by atoms with Crippen LogP contribution >= 0.6 is 11.8 Å². The Morgan fingerprint density at radius 1 is 0.906 bits per heavy atom. The number of benzene rings is 2. The molecule has 2 aromatic carbocycles. The summed E-state index contributed by atoms with van der Waals surface area (Å²) in [5.74, 6) is 2.68. The van der Waals surface area contributed by atoms with Crippen LogP contribution in [0.1, 0.15) is 60.5 Å². The fourth-order valence-corrected chi connectivity index (χ4v) is 6.02. The monoisotopic (exact) mass is 446 g/mol. The Kier molecular flexibility index (Phi) is 6.58. The maximum Gasteiger partial charge on any atom is 0.240 e. The van der Waals surface area contributed by atoms with Gasteiger partial charge in [-0.15, -0.1) is 22.0 Å². The summed E-state index contributed by atoms with van der Waals surface area (Å²) in [6, 6.07) is 20.4. The van der Waals surface area contributed by atoms with Gasteiger partial charge in [0.15, 0.2) is 0 Å². The molecule has 0 saturated carbocycles. The van der Waals surface area contributed by atoms with Gasteiger partial charge in [0.25, 0.3) is 0 Å². The van der Waals surface area contributed by atoms with Gasteiger partial charge < -0.3 is 9.47 Å². The van der Waals surface area contributed by atoms with Gasteiger partial charge in [-0.25, -0.2) is 0 Å². The number of carbonyl (C=O) groups is 1. The molecule has 0 N–H and O–H groups in total. The van der Waals surface area contributed by atoms with E-state index >= 15 is 0 Å². The van der Waals surface area contributed by atoms with Gasteiger partial charge in [0.2, 0.25) is 5.91 Å². The third-order valence-electron chi connectivity index (χ3n) is 6.56. The van der Waals surface area contributed by atoms with Gasteiger partial charge in [-0.1, -0.05) is 55.0 Å². The van der Waals surface area contributed by atoms with E-state index in [9.17, 15) is 4.79 Å². The average molecular weight is 447 g/mol. The molecular weight excluding hydrogens is 416 g/mol. The number of fused-ring (bicyclic) bond motifs is 1. The summed E-state index contributed by atoms with van der Waals surface area (Å²) in [6.45, 7) is 2.56. The van der Waals surface area contributed by atoms with E-state index in [4.69, 9.17) is 0 Å². The fourth-order valence-electron chi connectivity index (χ4n) is 4.89. The summed E-state index contributed by atoms with van der Waals surface area (Å²) in [4.78, 5) is 17.0. The molecule has 2 atom stereocenters. The van der Waals surface area contributed by atoms with Crippen molar-refractivity contribution in [2.75, 3.05) is 13.1 Å². The standard InChI is InChI=1S/C26H30N4OS/c31-26(24(20-11-4-1-5-12-20)32-22-14-6-2-7-15-22)29-17-10-13-21(19-29)25-28-27-23-16-8-3-9-18-30(23)25/h1-2,4-7,11-12,14-15,21,24H,3,8-10,13,16-19H2/t21-,24+/m0/s1. The molecule has 1 amide bonds. The number of aryl methyl sites for hydroxylation is 1. The predicted octanol–water partition coefficient (Wildman–Crippen LogP) is 5.24. The van der Waals surface area contributed by atoms with Crippen LogP contribution in [0.15, 0.2) is 65.6 Å². The summed E-state index contributed by atoms with van der Waals surface area (Å²) in [6.07, 6.45) is 6.75. The van der Waals surface area contributed by atoms with Gasteiger partial charge in [0.1, 0.15) is 16.9 Å². The van der Waals surface area contributed by atoms with E-state index in [2.05, 4.69) is 43.9 Å². The number of hydrogen-bond acceptors (Lipinski definition) is 4. The lowest BCUT2D eigenvalue weighted by Gasteiger charge is -2.34. The Labute approximate surface area is 194 Å². The lowest BCUT2D eigenvalue weighted by molar-refractivity contribution is -0.132. The first-order valence-electron chi connectivity index (χ1n) is 11.8. The zero-order valence-corrected chi connectivity index (χ0v) is 19.2. The number of aromatic nitrogens is 3. The van der Waals surface area contributed by atoms with Crippen molar-refractivity contribution in [2.45, 2.75) is 61.1 Å². The van der Waals surface area contributed by atoms with E-state index in [0.29, 0.717) is 0 Å². The first-order chi connectivity index (χ1) is 15.8. The molecule has 0 unspecified atom stereocenters. The third-order valence-corrected chi connectivity index (χ3v) is 7.81. The fraction of sp³-hybridized carbons (Fsp3) is 0.423. The summed E-state index contributed by atoms with van der Waals surface area (Å²) in [5.41, 5.74) is 1.06. The second-order valence-corrected chi connectivity index (χ2v) is 9.96. The van der Waals surface area contributed by atoms with Crippen molar-refractivity contribution >= 4 is 17.7 Å². The molecule has 5 rings (SSSR count). The van der Waals surface area contributed by atoms with E-state index in [1.54, 1.807) is 11.8 Å². The molecule has 3 aromatic rings. The van der Waals surface area contributed by atoms with Gasteiger partial charge in [0, 0.05) is 36.9 Å². The van der Waals surface area contributed by atoms with Crippen molar-refractivity contribution in [3.05, 3.63) is 77.9 Å². The molecule has 6 heteroatoms. The first-order valence-corrected chi connectivity index (χ1v) is 12.6. The van der Waals surface area contributed by atoms with Crippen LogP contribution in [0.2, 0.25) is 0 Å². The minimum absolute atomic E-state index is 0.199. The molecular formula is C26H30N4OS. The Bertz CT molecular complexity index is 1040. The molecule has 0 aliphatic carbocycles. The molecule has 5 nitrogen and oxygen atoms in total. The van der Waals surface area contributed by atoms with Crippen molar-refractivity contribution in [3.63, 3.8) is 0 Å². The number of thioether (sulfide) groups is 1. The van der Waals surface area contributed by atoms with Crippen LogP contribution in [0, 0.1) is 0 Å². The van der Waals surface area contributed by atoms with Gasteiger partial charge in [-0.3, -0.25) is 4.79 Å². The van der Waals surface area contributed by atoms with E-state index < -0.39 is 0 Å². The summed E-state index contributed by atoms with van der Waals surface area (Å²) in [7, 11) is 0. The molecule has 1 saturated heterocycles. The van der Waals surface area contributed by atoms with E-state index in [1.165, 1.54) is 19.3 Å². The minimum atomic E-state index is -0.243. The Balaban J connectivity index is 1.37. The van der Waals surface area contributed by atoms with Crippen molar-refractivity contribution in [3.8, 4) is 0 Å². The quantitative estimate of drug-likeness (QED) is 0.503. The van der Waals surface area contributed by atoms with Gasteiger partial charge in [0.05, 0.1) is 0 Å². The zero-order valence-electron chi connectivity index (χ0n) is 18.4. The molecule has 2 aliphatic rings. The van der Waals surface area contributed by atoms with Crippen LogP contribution in [0.25, 0.3) is 0 Å². The van der Waals surface area contributed by atoms with Crippen LogP contribution in [0.5, 0.6) is 0 Å². The zero-order chi connectivity index (χ0) is 21.8. The van der Waals surface area contributed by atoms with Crippen molar-refractivity contribution < 1.29 is 4.79 Å². The van der Waals surface area contributed by atoms with Gasteiger partial charge in [-0.2, -0.15) is 0 Å². The molecule has 0 spiro atoms. The van der Waals surface area contributed by atoms with Crippen molar-refractivity contribution in [1.82, 2.24) is 19.7 Å². The predicted molar refractivity (Wildman–Crippen MR) is 128 cm³/mol. The number of piperidine rings is 1. The van der Waals surface area contributed by atoms with Gasteiger partial charge in [-0.05, 0) is 43.4 Å². The second-order valence-electron chi connectivity index (χ2n) is 8.78. The summed E-state index contributed by atoms with van der Waals surface area (Å²) < 4.78 is 2.35. The molecule has 1 fully saturated rings. The maximum absolute atomic E-state index is 13.8. The Morgan fingerprint density at radius 3 is 2.50 bits per heavy atom. The lowest BCUT2D eigenvalue weighted by Crippen LogP contribution is -2.41. The summed E-state index contributed by atoms with van der Waals surface area (Å²) in [5, 5.41) is 8.86. The van der Waals surface area contributed by atoms with Crippen molar-refractivity contribution in [2.24, 2.45) is 0 Å². The molecule has 3 heterocycles. The van der Waals surface area contributed by atoms with Gasteiger partial charge >= 0.3 is 0 Å². The normalized spacial score (nSPS) is 19.8. The number of carbonyl (C=O) groups excluding carboxylic acids is 1. The second kappa shape index (κ2) is 9.90. The minimum Gasteiger partial charge on any atom is -0.341 e. The molecule has 0 bridgehead atoms. The number of nitrogens with zero attached hydrogens (tertiary/aromatic N) is 4. The average Bonchev–Trinajstić information content (AvgIpc) is 3.11. The van der Waals surface area contributed by atoms with Crippen LogP contribution < -0.4 is 0 Å². The highest BCUT2D eigenvalue weighted by molar-refractivity contribution is 8.00. The SMILES string of the molecule is O=C([C@H](Sc1ccccc1)c1ccccc1)N1CCC[C@H](c2nnc3n2CCCCC3)C1. The molecule has 0 radical (unpaired) electrons. The van der Waals surface area contributed by atoms with Crippen LogP contribution in [-0.4, -0.2) is 38.7 Å². The number of rotatable bonds is 5. The van der Waals surface area contributed by atoms with E-state index in [1.807, 2.05) is 36.4 Å². The third kappa shape index (κ3) is 4.60. The molecule has 1 aromatic heterocycles. The van der Waals surface area contributed by atoms with Crippen LogP contribution in [0.3, 0.4) is 0 Å². The number of likely N-dealkylation sites (tertiary alicyclic amines) is 1.